The Kier molecular flexibility index (Phi) is 11.0. The molecule has 146 valence electrons. The lowest BCUT2D eigenvalue weighted by molar-refractivity contribution is -0.128. The Hall–Kier alpha value is -1.58. The average molecular weight is 475 g/mol. The number of guanidine groups is 1. The van der Waals surface area contributed by atoms with Crippen molar-refractivity contribution >= 4 is 35.8 Å². The molecule has 2 N–H and O–H groups in total. The first-order valence-corrected chi connectivity index (χ1v) is 9.16. The van der Waals surface area contributed by atoms with Crippen LogP contribution in [0.1, 0.15) is 32.6 Å². The first-order chi connectivity index (χ1) is 12.2. The second kappa shape index (κ2) is 12.7. The van der Waals surface area contributed by atoms with Crippen molar-refractivity contribution < 1.29 is 4.79 Å². The molecule has 0 unspecified atom stereocenters. The van der Waals surface area contributed by atoms with E-state index in [2.05, 4.69) is 15.6 Å². The van der Waals surface area contributed by atoms with Crippen molar-refractivity contribution in [2.45, 2.75) is 39.2 Å². The van der Waals surface area contributed by atoms with Gasteiger partial charge in [-0.25, -0.2) is 4.99 Å². The Labute approximate surface area is 172 Å². The van der Waals surface area contributed by atoms with Gasteiger partial charge in [0.25, 0.3) is 0 Å². The molecule has 0 atom stereocenters. The molecule has 1 aromatic rings. The van der Waals surface area contributed by atoms with E-state index in [1.165, 1.54) is 0 Å². The Morgan fingerprint density at radius 1 is 1.19 bits per heavy atom. The van der Waals surface area contributed by atoms with Crippen molar-refractivity contribution in [3.8, 4) is 0 Å². The van der Waals surface area contributed by atoms with Gasteiger partial charge in [0.1, 0.15) is 6.54 Å². The van der Waals surface area contributed by atoms with Gasteiger partial charge in [0.15, 0.2) is 5.96 Å². The van der Waals surface area contributed by atoms with E-state index in [0.717, 1.165) is 51.9 Å². The summed E-state index contributed by atoms with van der Waals surface area (Å²) in [5.41, 5.74) is 0.0331. The van der Waals surface area contributed by atoms with Crippen LogP contribution >= 0.6 is 24.0 Å². The molecule has 7 nitrogen and oxygen atoms in total. The predicted molar refractivity (Wildman–Crippen MR) is 115 cm³/mol. The number of amides is 1. The quantitative estimate of drug-likeness (QED) is 0.258. The lowest BCUT2D eigenvalue weighted by Gasteiger charge is -2.15. The number of aryl methyl sites for hydroxylation is 1. The topological polar surface area (TPSA) is 78.7 Å². The summed E-state index contributed by atoms with van der Waals surface area (Å²) in [5.74, 6) is 0.769. The van der Waals surface area contributed by atoms with Crippen molar-refractivity contribution in [3.63, 3.8) is 0 Å². The van der Waals surface area contributed by atoms with Gasteiger partial charge >= 0.3 is 0 Å². The van der Waals surface area contributed by atoms with Crippen LogP contribution in [0.3, 0.4) is 0 Å². The minimum atomic E-state index is 0. The molecule has 1 aliphatic heterocycles. The number of hydrogen-bond acceptors (Lipinski definition) is 3. The number of hydrogen-bond donors (Lipinski definition) is 2. The molecule has 0 bridgehead atoms. The Morgan fingerprint density at radius 2 is 1.96 bits per heavy atom. The number of carbonyl (C=O) groups excluding carboxylic acids is 1. The second-order valence-electron chi connectivity index (χ2n) is 6.15. The fraction of sp³-hybridized carbons (Fsp3) is 0.611. The zero-order chi connectivity index (χ0) is 17.9. The van der Waals surface area contributed by atoms with Crippen LogP contribution in [0.15, 0.2) is 34.2 Å². The first-order valence-electron chi connectivity index (χ1n) is 9.16. The summed E-state index contributed by atoms with van der Waals surface area (Å²) in [5, 5.41) is 6.41. The van der Waals surface area contributed by atoms with Gasteiger partial charge in [-0.15, -0.1) is 24.0 Å². The van der Waals surface area contributed by atoms with Crippen molar-refractivity contribution in [2.75, 3.05) is 32.7 Å². The average Bonchev–Trinajstić information content (AvgIpc) is 3.15. The molecular formula is C18H30IN5O2. The lowest BCUT2D eigenvalue weighted by atomic mass is 10.3. The van der Waals surface area contributed by atoms with Crippen LogP contribution in [0.4, 0.5) is 0 Å². The van der Waals surface area contributed by atoms with Crippen LogP contribution in [0.2, 0.25) is 0 Å². The third-order valence-electron chi connectivity index (χ3n) is 4.19. The Morgan fingerprint density at radius 3 is 2.65 bits per heavy atom. The van der Waals surface area contributed by atoms with Crippen molar-refractivity contribution in [2.24, 2.45) is 4.99 Å². The molecule has 8 heteroatoms. The molecule has 0 aliphatic carbocycles. The molecule has 1 amide bonds. The van der Waals surface area contributed by atoms with Gasteiger partial charge in [-0.3, -0.25) is 9.59 Å². The van der Waals surface area contributed by atoms with Gasteiger partial charge in [0.2, 0.25) is 11.5 Å². The number of halogens is 1. The van der Waals surface area contributed by atoms with Crippen LogP contribution in [0.5, 0.6) is 0 Å². The minimum Gasteiger partial charge on any atom is -0.357 e. The maximum atomic E-state index is 12.1. The number of aliphatic imine (C=N–C) groups is 1. The number of pyridine rings is 1. The van der Waals surface area contributed by atoms with Gasteiger partial charge in [-0.05, 0) is 38.7 Å². The summed E-state index contributed by atoms with van der Waals surface area (Å²) in [6, 6.07) is 5.20. The highest BCUT2D eigenvalue weighted by Crippen LogP contribution is 2.07. The largest absolute Gasteiger partial charge is 0.357 e. The van der Waals surface area contributed by atoms with Gasteiger partial charge < -0.3 is 20.1 Å². The fourth-order valence-corrected chi connectivity index (χ4v) is 2.81. The van der Waals surface area contributed by atoms with Crippen molar-refractivity contribution in [1.29, 1.82) is 0 Å². The van der Waals surface area contributed by atoms with E-state index in [1.807, 2.05) is 24.1 Å². The minimum absolute atomic E-state index is 0. The number of carbonyl (C=O) groups is 1. The van der Waals surface area contributed by atoms with E-state index < -0.39 is 0 Å². The van der Waals surface area contributed by atoms with Crippen molar-refractivity contribution in [3.05, 3.63) is 34.7 Å². The number of nitrogens with zero attached hydrogens (tertiary/aromatic N) is 3. The SMILES string of the molecule is CCNC(=NCC(=O)N1CCCC1)NCCCCn1ccccc1=O.I. The van der Waals surface area contributed by atoms with Crippen molar-refractivity contribution in [1.82, 2.24) is 20.1 Å². The zero-order valence-corrected chi connectivity index (χ0v) is 17.8. The van der Waals surface area contributed by atoms with E-state index in [9.17, 15) is 9.59 Å². The highest BCUT2D eigenvalue weighted by Gasteiger charge is 2.17. The van der Waals surface area contributed by atoms with Crippen LogP contribution in [-0.4, -0.2) is 54.1 Å². The predicted octanol–water partition coefficient (Wildman–Crippen LogP) is 1.42. The Balaban J connectivity index is 0.00000338. The molecule has 1 aromatic heterocycles. The summed E-state index contributed by atoms with van der Waals surface area (Å²) in [6.07, 6.45) is 5.83. The van der Waals surface area contributed by atoms with E-state index in [0.29, 0.717) is 12.5 Å². The number of likely N-dealkylation sites (tertiary alicyclic amines) is 1. The molecule has 26 heavy (non-hydrogen) atoms. The molecule has 1 aliphatic rings. The number of unbranched alkanes of at least 4 members (excludes halogenated alkanes) is 1. The summed E-state index contributed by atoms with van der Waals surface area (Å²) in [7, 11) is 0. The second-order valence-corrected chi connectivity index (χ2v) is 6.15. The van der Waals surface area contributed by atoms with Gasteiger partial charge in [-0.1, -0.05) is 6.07 Å². The summed E-state index contributed by atoms with van der Waals surface area (Å²) >= 11 is 0. The molecule has 1 fully saturated rings. The van der Waals surface area contributed by atoms with Crippen LogP contribution in [0.25, 0.3) is 0 Å². The third kappa shape index (κ3) is 7.76. The van der Waals surface area contributed by atoms with E-state index >= 15 is 0 Å². The normalized spacial score (nSPS) is 14.0. The van der Waals surface area contributed by atoms with Gasteiger partial charge in [-0.2, -0.15) is 0 Å². The first kappa shape index (κ1) is 22.5. The molecule has 0 aromatic carbocycles. The summed E-state index contributed by atoms with van der Waals surface area (Å²) < 4.78 is 1.72. The maximum absolute atomic E-state index is 12.1. The Bertz CT molecular complexity index is 626. The molecule has 2 heterocycles. The van der Waals surface area contributed by atoms with Gasteiger partial charge in [0.05, 0.1) is 0 Å². The number of nitrogens with one attached hydrogen (secondary N) is 2. The smallest absolute Gasteiger partial charge is 0.250 e. The number of rotatable bonds is 8. The molecule has 0 spiro atoms. The highest BCUT2D eigenvalue weighted by molar-refractivity contribution is 14.0. The molecule has 0 saturated carbocycles. The van der Waals surface area contributed by atoms with Crippen LogP contribution < -0.4 is 16.2 Å². The van der Waals surface area contributed by atoms with E-state index in [1.54, 1.807) is 16.7 Å². The molecular weight excluding hydrogens is 445 g/mol. The molecule has 0 radical (unpaired) electrons. The van der Waals surface area contributed by atoms with Crippen LogP contribution in [0, 0.1) is 0 Å². The maximum Gasteiger partial charge on any atom is 0.250 e. The van der Waals surface area contributed by atoms with Crippen LogP contribution in [-0.2, 0) is 11.3 Å². The van der Waals surface area contributed by atoms with E-state index in [4.69, 9.17) is 0 Å². The zero-order valence-electron chi connectivity index (χ0n) is 15.4. The summed E-state index contributed by atoms with van der Waals surface area (Å²) in [4.78, 5) is 29.9. The highest BCUT2D eigenvalue weighted by atomic mass is 127. The van der Waals surface area contributed by atoms with Gasteiger partial charge in [0, 0.05) is 45.0 Å². The van der Waals surface area contributed by atoms with E-state index in [-0.39, 0.29) is 42.0 Å². The lowest BCUT2D eigenvalue weighted by Crippen LogP contribution is -2.39. The molecule has 1 saturated heterocycles. The third-order valence-corrected chi connectivity index (χ3v) is 4.19. The summed E-state index contributed by atoms with van der Waals surface area (Å²) in [6.45, 7) is 6.13. The molecule has 2 rings (SSSR count). The number of aromatic nitrogens is 1. The monoisotopic (exact) mass is 475 g/mol. The standard InChI is InChI=1S/C18H29N5O2.HI/c1-2-19-18(21-15-17(25)23-13-7-8-14-23)20-10-4-6-12-22-11-5-3-9-16(22)24;/h3,5,9,11H,2,4,6-8,10,12-15H2,1H3,(H2,19,20,21);1H. The fourth-order valence-electron chi connectivity index (χ4n) is 2.81.